The summed E-state index contributed by atoms with van der Waals surface area (Å²) in [6, 6.07) is 1.23. The van der Waals surface area contributed by atoms with Crippen molar-refractivity contribution >= 4 is 5.97 Å². The molecule has 0 bridgehead atoms. The highest BCUT2D eigenvalue weighted by atomic mass is 16.8. The molecule has 1 aromatic rings. The highest BCUT2D eigenvalue weighted by Crippen LogP contribution is 2.42. The van der Waals surface area contributed by atoms with Crippen molar-refractivity contribution in [3.63, 3.8) is 0 Å². The summed E-state index contributed by atoms with van der Waals surface area (Å²) in [5.74, 6) is -1.19. The van der Waals surface area contributed by atoms with Gasteiger partial charge in [-0.1, -0.05) is 19.1 Å². The molecule has 1 aromatic heterocycles. The fourth-order valence-corrected chi connectivity index (χ4v) is 3.38. The highest BCUT2D eigenvalue weighted by Gasteiger charge is 2.56. The number of esters is 1. The number of rotatable bonds is 7. The molecule has 0 spiro atoms. The molecule has 0 aromatic carbocycles. The number of aromatic amines is 1. The van der Waals surface area contributed by atoms with E-state index in [9.17, 15) is 14.4 Å². The maximum absolute atomic E-state index is 12.2. The third-order valence-electron chi connectivity index (χ3n) is 4.58. The maximum atomic E-state index is 12.2. The number of carbonyl (C=O) groups excluding carboxylic acids is 1. The van der Waals surface area contributed by atoms with Crippen LogP contribution in [0.25, 0.3) is 0 Å². The van der Waals surface area contributed by atoms with Gasteiger partial charge in [-0.15, -0.1) is 0 Å². The first kappa shape index (κ1) is 20.5. The van der Waals surface area contributed by atoms with Gasteiger partial charge >= 0.3 is 11.7 Å². The van der Waals surface area contributed by atoms with Crippen molar-refractivity contribution in [2.75, 3.05) is 6.61 Å². The van der Waals surface area contributed by atoms with Crippen molar-refractivity contribution in [2.24, 2.45) is 0 Å². The van der Waals surface area contributed by atoms with Gasteiger partial charge in [-0.3, -0.25) is 19.1 Å². The van der Waals surface area contributed by atoms with Crippen LogP contribution in [0.3, 0.4) is 0 Å². The number of ether oxygens (including phenoxy) is 4. The zero-order valence-electron chi connectivity index (χ0n) is 16.3. The second kappa shape index (κ2) is 8.42. The Morgan fingerprint density at radius 2 is 2.04 bits per heavy atom. The summed E-state index contributed by atoms with van der Waals surface area (Å²) in [6.45, 7) is 5.55. The third-order valence-corrected chi connectivity index (χ3v) is 4.58. The minimum atomic E-state index is -0.865. The van der Waals surface area contributed by atoms with Crippen molar-refractivity contribution in [1.82, 2.24) is 9.55 Å². The lowest BCUT2D eigenvalue weighted by atomic mass is 10.1. The number of fused-ring (bicyclic) bond motifs is 1. The third kappa shape index (κ3) is 4.60. The number of H-pyrrole nitrogens is 1. The fourth-order valence-electron chi connectivity index (χ4n) is 3.38. The van der Waals surface area contributed by atoms with E-state index >= 15 is 0 Å². The van der Waals surface area contributed by atoms with Gasteiger partial charge in [-0.05, 0) is 26.7 Å². The Bertz CT molecular complexity index is 841. The van der Waals surface area contributed by atoms with Crippen LogP contribution in [0.2, 0.25) is 0 Å². The van der Waals surface area contributed by atoms with Crippen LogP contribution in [-0.4, -0.2) is 46.2 Å². The van der Waals surface area contributed by atoms with E-state index < -0.39 is 41.6 Å². The molecule has 0 saturated carbocycles. The minimum absolute atomic E-state index is 0.00840. The molecule has 154 valence electrons. The predicted molar refractivity (Wildman–Crippen MR) is 98.7 cm³/mol. The Hall–Kier alpha value is -2.23. The molecule has 4 atom stereocenters. The summed E-state index contributed by atoms with van der Waals surface area (Å²) >= 11 is 0. The first-order valence-electron chi connectivity index (χ1n) is 9.44. The summed E-state index contributed by atoms with van der Waals surface area (Å²) in [4.78, 5) is 37.6. The van der Waals surface area contributed by atoms with Crippen LogP contribution in [0.1, 0.15) is 46.3 Å². The van der Waals surface area contributed by atoms with Gasteiger partial charge in [0.05, 0.1) is 0 Å². The van der Waals surface area contributed by atoms with E-state index in [2.05, 4.69) is 4.98 Å². The molecule has 0 amide bonds. The molecular weight excluding hydrogens is 368 g/mol. The second-order valence-electron chi connectivity index (χ2n) is 7.25. The van der Waals surface area contributed by atoms with E-state index in [-0.39, 0.29) is 19.0 Å². The summed E-state index contributed by atoms with van der Waals surface area (Å²) in [6.07, 6.45) is 4.64. The molecular formula is C19H26N2O7. The Labute approximate surface area is 162 Å². The van der Waals surface area contributed by atoms with E-state index in [0.29, 0.717) is 6.42 Å². The second-order valence-corrected chi connectivity index (χ2v) is 7.25. The lowest BCUT2D eigenvalue weighted by Crippen LogP contribution is -2.37. The number of nitrogens with one attached hydrogen (secondary N) is 1. The molecule has 9 nitrogen and oxygen atoms in total. The number of hydrogen-bond acceptors (Lipinski definition) is 7. The molecule has 28 heavy (non-hydrogen) atoms. The first-order valence-corrected chi connectivity index (χ1v) is 9.44. The Balaban J connectivity index is 1.69. The number of nitrogens with zero attached hydrogens (tertiary/aromatic N) is 1. The Kier molecular flexibility index (Phi) is 6.17. The molecule has 0 aliphatic carbocycles. The number of allylic oxidation sites excluding steroid dienone is 2. The molecule has 1 N–H and O–H groups in total. The molecule has 3 heterocycles. The van der Waals surface area contributed by atoms with Crippen molar-refractivity contribution < 1.29 is 23.7 Å². The van der Waals surface area contributed by atoms with Crippen LogP contribution in [-0.2, 0) is 23.7 Å². The smallest absolute Gasteiger partial charge is 0.330 e. The summed E-state index contributed by atoms with van der Waals surface area (Å²) in [5.41, 5.74) is -1.10. The van der Waals surface area contributed by atoms with Gasteiger partial charge < -0.3 is 18.9 Å². The lowest BCUT2D eigenvalue weighted by molar-refractivity contribution is -0.203. The molecule has 2 fully saturated rings. The Morgan fingerprint density at radius 3 is 2.75 bits per heavy atom. The van der Waals surface area contributed by atoms with Crippen LogP contribution in [0.5, 0.6) is 0 Å². The van der Waals surface area contributed by atoms with Crippen molar-refractivity contribution in [2.45, 2.75) is 70.4 Å². The standard InChI is InChI=1S/C19H26N2O7/c1-4-5-6-7-8-14(23)25-11-12-15-16(28-19(2,3)27-15)17(26-12)21-10-9-13(22)20-18(21)24/h5-6,9-10,12,15-17H,4,7-8,11H2,1-3H3,(H,20,22,24)/b6-5-/t12?,15-,16-,17-/m1/s1. The largest absolute Gasteiger partial charge is 0.463 e. The van der Waals surface area contributed by atoms with Crippen LogP contribution >= 0.6 is 0 Å². The summed E-state index contributed by atoms with van der Waals surface area (Å²) in [7, 11) is 0. The van der Waals surface area contributed by atoms with E-state index in [1.54, 1.807) is 13.8 Å². The molecule has 2 saturated heterocycles. The zero-order valence-corrected chi connectivity index (χ0v) is 16.3. The predicted octanol–water partition coefficient (Wildman–Crippen LogP) is 1.24. The van der Waals surface area contributed by atoms with Crippen LogP contribution in [0.15, 0.2) is 34.0 Å². The summed E-state index contributed by atoms with van der Waals surface area (Å²) in [5, 5.41) is 0. The molecule has 2 aliphatic rings. The van der Waals surface area contributed by atoms with E-state index in [1.807, 2.05) is 19.1 Å². The lowest BCUT2D eigenvalue weighted by Gasteiger charge is -2.24. The van der Waals surface area contributed by atoms with E-state index in [0.717, 1.165) is 6.42 Å². The zero-order chi connectivity index (χ0) is 20.3. The number of carbonyl (C=O) groups is 1. The normalized spacial score (nSPS) is 28.5. The maximum Gasteiger partial charge on any atom is 0.330 e. The van der Waals surface area contributed by atoms with Crippen LogP contribution in [0.4, 0.5) is 0 Å². The van der Waals surface area contributed by atoms with Crippen molar-refractivity contribution in [3.05, 3.63) is 45.3 Å². The fraction of sp³-hybridized carbons (Fsp3) is 0.632. The van der Waals surface area contributed by atoms with Gasteiger partial charge in [0.2, 0.25) is 0 Å². The van der Waals surface area contributed by atoms with E-state index in [1.165, 1.54) is 16.8 Å². The van der Waals surface area contributed by atoms with Gasteiger partial charge in [-0.25, -0.2) is 4.79 Å². The van der Waals surface area contributed by atoms with Gasteiger partial charge in [-0.2, -0.15) is 0 Å². The minimum Gasteiger partial charge on any atom is -0.463 e. The summed E-state index contributed by atoms with van der Waals surface area (Å²) < 4.78 is 24.3. The molecule has 2 aliphatic heterocycles. The molecule has 1 unspecified atom stereocenters. The van der Waals surface area contributed by atoms with Crippen molar-refractivity contribution in [3.8, 4) is 0 Å². The van der Waals surface area contributed by atoms with Gasteiger partial charge in [0, 0.05) is 18.7 Å². The van der Waals surface area contributed by atoms with Crippen molar-refractivity contribution in [1.29, 1.82) is 0 Å². The van der Waals surface area contributed by atoms with E-state index in [4.69, 9.17) is 18.9 Å². The highest BCUT2D eigenvalue weighted by molar-refractivity contribution is 5.69. The number of hydrogen-bond donors (Lipinski definition) is 1. The molecule has 9 heteroatoms. The Morgan fingerprint density at radius 1 is 1.29 bits per heavy atom. The number of aromatic nitrogens is 2. The van der Waals surface area contributed by atoms with Crippen LogP contribution in [0, 0.1) is 0 Å². The molecule has 3 rings (SSSR count). The molecule has 0 radical (unpaired) electrons. The van der Waals surface area contributed by atoms with Gasteiger partial charge in [0.15, 0.2) is 12.0 Å². The topological polar surface area (TPSA) is 109 Å². The van der Waals surface area contributed by atoms with Gasteiger partial charge in [0.1, 0.15) is 24.9 Å². The SMILES string of the molecule is CC/C=C\CCC(=O)OCC1O[C@@H](n2ccc(=O)[nH]c2=O)[C@@H]2OC(C)(C)O[C@H]12. The first-order chi connectivity index (χ1) is 13.3. The average molecular weight is 394 g/mol. The average Bonchev–Trinajstić information content (AvgIpc) is 3.10. The monoisotopic (exact) mass is 394 g/mol. The van der Waals surface area contributed by atoms with Crippen LogP contribution < -0.4 is 11.2 Å². The van der Waals surface area contributed by atoms with Gasteiger partial charge in [0.25, 0.3) is 5.56 Å². The quantitative estimate of drug-likeness (QED) is 0.547.